The van der Waals surface area contributed by atoms with Crippen LogP contribution < -0.4 is 0 Å². The van der Waals surface area contributed by atoms with Crippen LogP contribution >= 0.6 is 11.8 Å². The topological polar surface area (TPSA) is 18.5 Å². The first kappa shape index (κ1) is 11.4. The van der Waals surface area contributed by atoms with E-state index in [4.69, 9.17) is 9.47 Å². The van der Waals surface area contributed by atoms with Gasteiger partial charge in [-0.3, -0.25) is 0 Å². The Labute approximate surface area is 100 Å². The summed E-state index contributed by atoms with van der Waals surface area (Å²) in [4.78, 5) is 0. The Hall–Kier alpha value is -1.11. The third kappa shape index (κ3) is 2.72. The standard InChI is InChI=1S/C13H14O2S/c1-16-11-4-2-3-6-12-7-9-13(15-12)8-5-10-14-13/h4,6-7,9,11H,5,8,10H2,1H3/b11-4-,12-6+/t13-/m1/s1. The van der Waals surface area contributed by atoms with Gasteiger partial charge in [0.05, 0.1) is 6.61 Å². The zero-order valence-corrected chi connectivity index (χ0v) is 10.0. The average molecular weight is 234 g/mol. The zero-order chi connectivity index (χ0) is 11.3. The van der Waals surface area contributed by atoms with Gasteiger partial charge in [0.25, 0.3) is 0 Å². The second kappa shape index (κ2) is 5.29. The molecule has 2 heterocycles. The van der Waals surface area contributed by atoms with Gasteiger partial charge >= 0.3 is 0 Å². The van der Waals surface area contributed by atoms with Crippen LogP contribution in [0.1, 0.15) is 12.8 Å². The maximum absolute atomic E-state index is 5.71. The summed E-state index contributed by atoms with van der Waals surface area (Å²) in [7, 11) is 0. The van der Waals surface area contributed by atoms with Crippen LogP contribution in [0.5, 0.6) is 0 Å². The zero-order valence-electron chi connectivity index (χ0n) is 9.23. The molecule has 1 fully saturated rings. The van der Waals surface area contributed by atoms with E-state index in [0.717, 1.165) is 25.2 Å². The molecule has 1 spiro atoms. The summed E-state index contributed by atoms with van der Waals surface area (Å²) in [5.41, 5.74) is 0. The van der Waals surface area contributed by atoms with E-state index in [0.29, 0.717) is 0 Å². The largest absolute Gasteiger partial charge is 0.458 e. The minimum atomic E-state index is -0.484. The molecule has 0 aliphatic carbocycles. The fourth-order valence-corrected chi connectivity index (χ4v) is 1.87. The van der Waals surface area contributed by atoms with Gasteiger partial charge in [-0.1, -0.05) is 11.8 Å². The van der Waals surface area contributed by atoms with Gasteiger partial charge < -0.3 is 9.47 Å². The molecule has 0 aromatic carbocycles. The Balaban J connectivity index is 1.93. The van der Waals surface area contributed by atoms with Gasteiger partial charge in [0, 0.05) is 12.5 Å². The lowest BCUT2D eigenvalue weighted by Gasteiger charge is -2.20. The fourth-order valence-electron chi connectivity index (χ4n) is 1.66. The summed E-state index contributed by atoms with van der Waals surface area (Å²) in [6.07, 6.45) is 11.5. The minimum Gasteiger partial charge on any atom is -0.458 e. The molecule has 1 atom stereocenters. The molecule has 3 heteroatoms. The summed E-state index contributed by atoms with van der Waals surface area (Å²) in [5.74, 6) is 6.13. The van der Waals surface area contributed by atoms with E-state index in [-0.39, 0.29) is 0 Å². The van der Waals surface area contributed by atoms with Crippen LogP contribution in [0, 0.1) is 11.8 Å². The normalized spacial score (nSPS) is 29.9. The molecule has 2 aliphatic heterocycles. The molecule has 0 radical (unpaired) electrons. The first-order valence-corrected chi connectivity index (χ1v) is 6.55. The number of rotatable bonds is 1. The van der Waals surface area contributed by atoms with E-state index >= 15 is 0 Å². The molecule has 2 aliphatic rings. The van der Waals surface area contributed by atoms with E-state index in [1.165, 1.54) is 0 Å². The predicted octanol–water partition coefficient (Wildman–Crippen LogP) is 2.84. The molecule has 0 bridgehead atoms. The van der Waals surface area contributed by atoms with Crippen molar-refractivity contribution in [2.75, 3.05) is 12.9 Å². The highest BCUT2D eigenvalue weighted by Gasteiger charge is 2.38. The number of ether oxygens (including phenoxy) is 2. The number of hydrogen-bond donors (Lipinski definition) is 0. The molecular formula is C13H14O2S. The average Bonchev–Trinajstić information content (AvgIpc) is 2.90. The Morgan fingerprint density at radius 1 is 1.50 bits per heavy atom. The second-order valence-corrected chi connectivity index (χ2v) is 4.32. The summed E-state index contributed by atoms with van der Waals surface area (Å²) >= 11 is 1.63. The molecule has 0 aromatic heterocycles. The molecule has 0 aromatic rings. The third-order valence-corrected chi connectivity index (χ3v) is 2.80. The Morgan fingerprint density at radius 3 is 3.19 bits per heavy atom. The highest BCUT2D eigenvalue weighted by atomic mass is 32.2. The van der Waals surface area contributed by atoms with E-state index < -0.39 is 5.79 Å². The molecule has 1 saturated heterocycles. The van der Waals surface area contributed by atoms with Gasteiger partial charge in [0.2, 0.25) is 5.79 Å². The van der Waals surface area contributed by atoms with Gasteiger partial charge in [-0.15, -0.1) is 11.8 Å². The highest BCUT2D eigenvalue weighted by molar-refractivity contribution is 8.01. The molecule has 0 N–H and O–H groups in total. The Morgan fingerprint density at radius 2 is 2.44 bits per heavy atom. The molecule has 0 unspecified atom stereocenters. The van der Waals surface area contributed by atoms with Crippen molar-refractivity contribution in [3.8, 4) is 11.8 Å². The minimum absolute atomic E-state index is 0.484. The number of thioether (sulfide) groups is 1. The maximum Gasteiger partial charge on any atom is 0.230 e. The summed E-state index contributed by atoms with van der Waals surface area (Å²) in [6, 6.07) is 0. The lowest BCUT2D eigenvalue weighted by Crippen LogP contribution is -2.24. The molecular weight excluding hydrogens is 220 g/mol. The highest BCUT2D eigenvalue weighted by Crippen LogP contribution is 2.35. The van der Waals surface area contributed by atoms with Gasteiger partial charge in [0.1, 0.15) is 5.76 Å². The molecule has 16 heavy (non-hydrogen) atoms. The van der Waals surface area contributed by atoms with Crippen LogP contribution in [0.25, 0.3) is 0 Å². The van der Waals surface area contributed by atoms with Crippen molar-refractivity contribution < 1.29 is 9.47 Å². The lowest BCUT2D eigenvalue weighted by atomic mass is 10.2. The number of hydrogen-bond acceptors (Lipinski definition) is 3. The van der Waals surface area contributed by atoms with Crippen LogP contribution in [0.4, 0.5) is 0 Å². The van der Waals surface area contributed by atoms with E-state index in [1.54, 1.807) is 17.8 Å². The van der Waals surface area contributed by atoms with E-state index in [9.17, 15) is 0 Å². The maximum atomic E-state index is 5.71. The van der Waals surface area contributed by atoms with Crippen molar-refractivity contribution in [3.63, 3.8) is 0 Å². The second-order valence-electron chi connectivity index (χ2n) is 3.57. The van der Waals surface area contributed by atoms with E-state index in [2.05, 4.69) is 11.8 Å². The van der Waals surface area contributed by atoms with Crippen molar-refractivity contribution in [1.29, 1.82) is 0 Å². The monoisotopic (exact) mass is 234 g/mol. The lowest BCUT2D eigenvalue weighted by molar-refractivity contribution is -0.135. The van der Waals surface area contributed by atoms with Crippen LogP contribution in [0.3, 0.4) is 0 Å². The van der Waals surface area contributed by atoms with Crippen molar-refractivity contribution in [1.82, 2.24) is 0 Å². The summed E-state index contributed by atoms with van der Waals surface area (Å²) in [5, 5.41) is 1.94. The third-order valence-electron chi connectivity index (χ3n) is 2.39. The quantitative estimate of drug-likeness (QED) is 0.650. The Bertz CT molecular complexity index is 390. The van der Waals surface area contributed by atoms with E-state index in [1.807, 2.05) is 29.9 Å². The van der Waals surface area contributed by atoms with Gasteiger partial charge in [-0.05, 0) is 36.3 Å². The number of allylic oxidation sites excluding steroid dienone is 3. The van der Waals surface area contributed by atoms with Crippen LogP contribution in [0.15, 0.2) is 35.5 Å². The molecule has 84 valence electrons. The van der Waals surface area contributed by atoms with Crippen LogP contribution in [0.2, 0.25) is 0 Å². The van der Waals surface area contributed by atoms with Crippen molar-refractivity contribution >= 4 is 11.8 Å². The first-order valence-electron chi connectivity index (χ1n) is 5.26. The smallest absolute Gasteiger partial charge is 0.230 e. The molecule has 0 amide bonds. The van der Waals surface area contributed by atoms with Crippen molar-refractivity contribution in [2.24, 2.45) is 0 Å². The summed E-state index contributed by atoms with van der Waals surface area (Å²) < 4.78 is 11.3. The van der Waals surface area contributed by atoms with Gasteiger partial charge in [0.15, 0.2) is 0 Å². The SMILES string of the molecule is CS/C=C\C#C/C=C1\C=C[C@@]2(CCCO2)O1. The molecule has 2 rings (SSSR count). The van der Waals surface area contributed by atoms with Gasteiger partial charge in [-0.25, -0.2) is 0 Å². The van der Waals surface area contributed by atoms with Crippen molar-refractivity contribution in [3.05, 3.63) is 35.5 Å². The fraction of sp³-hybridized carbons (Fsp3) is 0.385. The van der Waals surface area contributed by atoms with Crippen molar-refractivity contribution in [2.45, 2.75) is 18.6 Å². The van der Waals surface area contributed by atoms with Crippen LogP contribution in [-0.2, 0) is 9.47 Å². The Kier molecular flexibility index (Phi) is 3.76. The molecule has 2 nitrogen and oxygen atoms in total. The first-order chi connectivity index (χ1) is 7.85. The predicted molar refractivity (Wildman–Crippen MR) is 66.7 cm³/mol. The molecule has 0 saturated carbocycles. The van der Waals surface area contributed by atoms with Gasteiger partial charge in [-0.2, -0.15) is 0 Å². The van der Waals surface area contributed by atoms with Crippen LogP contribution in [-0.4, -0.2) is 18.6 Å². The summed E-state index contributed by atoms with van der Waals surface area (Å²) in [6.45, 7) is 0.778.